The number of rotatable bonds is 5. The second-order valence-electron chi connectivity index (χ2n) is 5.08. The van der Waals surface area contributed by atoms with E-state index in [9.17, 15) is 0 Å². The van der Waals surface area contributed by atoms with Gasteiger partial charge >= 0.3 is 0 Å². The van der Waals surface area contributed by atoms with E-state index in [1.807, 2.05) is 18.2 Å². The third-order valence-corrected chi connectivity index (χ3v) is 3.35. The van der Waals surface area contributed by atoms with E-state index in [1.54, 1.807) is 0 Å². The maximum Gasteiger partial charge on any atom is 0.0411 e. The molecule has 0 atom stereocenters. The fraction of sp³-hybridized carbons (Fsp3) is 0.467. The minimum atomic E-state index is 0.570. The third-order valence-electron chi connectivity index (χ3n) is 3.11. The zero-order chi connectivity index (χ0) is 12.3. The van der Waals surface area contributed by atoms with Crippen molar-refractivity contribution in [2.24, 2.45) is 5.92 Å². The molecule has 92 valence electrons. The minimum absolute atomic E-state index is 0.570. The van der Waals surface area contributed by atoms with Gasteiger partial charge in [-0.1, -0.05) is 49.2 Å². The summed E-state index contributed by atoms with van der Waals surface area (Å²) in [4.78, 5) is 0. The van der Waals surface area contributed by atoms with Crippen LogP contribution in [0.15, 0.2) is 29.8 Å². The Hall–Kier alpha value is -0.790. The van der Waals surface area contributed by atoms with Gasteiger partial charge in [-0.2, -0.15) is 0 Å². The van der Waals surface area contributed by atoms with Crippen molar-refractivity contribution in [3.63, 3.8) is 0 Å². The summed E-state index contributed by atoms with van der Waals surface area (Å²) in [6.07, 6.45) is 4.93. The topological polar surface area (TPSA) is 12.0 Å². The standard InChI is InChI=1S/C15H20ClN/c1-11(2)13(10-17-15-6-7-15)8-12-4-3-5-14(16)9-12/h3-5,8-9,11,15,17H,6-7,10H2,1-2H3. The van der Waals surface area contributed by atoms with E-state index in [2.05, 4.69) is 31.3 Å². The lowest BCUT2D eigenvalue weighted by Gasteiger charge is -2.12. The number of hydrogen-bond acceptors (Lipinski definition) is 1. The highest BCUT2D eigenvalue weighted by molar-refractivity contribution is 6.30. The van der Waals surface area contributed by atoms with Crippen LogP contribution in [0.2, 0.25) is 5.02 Å². The van der Waals surface area contributed by atoms with Crippen LogP contribution in [0.3, 0.4) is 0 Å². The Morgan fingerprint density at radius 3 is 2.82 bits per heavy atom. The second-order valence-corrected chi connectivity index (χ2v) is 5.52. The average Bonchev–Trinajstić information content (AvgIpc) is 3.07. The first-order valence-corrected chi connectivity index (χ1v) is 6.72. The molecule has 0 unspecified atom stereocenters. The van der Waals surface area contributed by atoms with Crippen molar-refractivity contribution in [2.75, 3.05) is 6.54 Å². The molecular weight excluding hydrogens is 230 g/mol. The van der Waals surface area contributed by atoms with Gasteiger partial charge in [-0.05, 0) is 36.5 Å². The second kappa shape index (κ2) is 5.70. The Morgan fingerprint density at radius 2 is 2.24 bits per heavy atom. The highest BCUT2D eigenvalue weighted by Gasteiger charge is 2.20. The van der Waals surface area contributed by atoms with Gasteiger partial charge in [-0.25, -0.2) is 0 Å². The van der Waals surface area contributed by atoms with Crippen molar-refractivity contribution in [1.82, 2.24) is 5.32 Å². The fourth-order valence-electron chi connectivity index (χ4n) is 1.78. The van der Waals surface area contributed by atoms with Gasteiger partial charge in [0.25, 0.3) is 0 Å². The molecule has 0 bridgehead atoms. The zero-order valence-electron chi connectivity index (χ0n) is 10.5. The maximum absolute atomic E-state index is 6.00. The first kappa shape index (κ1) is 12.7. The Morgan fingerprint density at radius 1 is 1.47 bits per heavy atom. The first-order chi connectivity index (χ1) is 8.15. The molecule has 0 aliphatic heterocycles. The van der Waals surface area contributed by atoms with Crippen LogP contribution in [0.1, 0.15) is 32.3 Å². The molecule has 1 aliphatic carbocycles. The lowest BCUT2D eigenvalue weighted by molar-refractivity contribution is 0.662. The van der Waals surface area contributed by atoms with Gasteiger partial charge < -0.3 is 5.32 Å². The van der Waals surface area contributed by atoms with Gasteiger partial charge in [0, 0.05) is 17.6 Å². The Balaban J connectivity index is 2.07. The van der Waals surface area contributed by atoms with E-state index in [1.165, 1.54) is 24.0 Å². The molecule has 1 nitrogen and oxygen atoms in total. The minimum Gasteiger partial charge on any atom is -0.310 e. The molecule has 0 saturated heterocycles. The Kier molecular flexibility index (Phi) is 4.25. The van der Waals surface area contributed by atoms with Crippen molar-refractivity contribution < 1.29 is 0 Å². The average molecular weight is 250 g/mol. The van der Waals surface area contributed by atoms with Crippen LogP contribution in [-0.2, 0) is 0 Å². The Bertz CT molecular complexity index is 405. The first-order valence-electron chi connectivity index (χ1n) is 6.34. The van der Waals surface area contributed by atoms with Crippen molar-refractivity contribution >= 4 is 17.7 Å². The molecule has 0 spiro atoms. The third kappa shape index (κ3) is 4.18. The van der Waals surface area contributed by atoms with Crippen LogP contribution in [0.5, 0.6) is 0 Å². The summed E-state index contributed by atoms with van der Waals surface area (Å²) in [5.41, 5.74) is 2.64. The number of nitrogens with one attached hydrogen (secondary N) is 1. The van der Waals surface area contributed by atoms with E-state index < -0.39 is 0 Å². The SMILES string of the molecule is CC(C)C(=Cc1cccc(Cl)c1)CNC1CC1. The molecule has 2 heteroatoms. The van der Waals surface area contributed by atoms with Crippen molar-refractivity contribution in [3.8, 4) is 0 Å². The quantitative estimate of drug-likeness (QED) is 0.827. The smallest absolute Gasteiger partial charge is 0.0411 e. The summed E-state index contributed by atoms with van der Waals surface area (Å²) in [5.74, 6) is 0.570. The zero-order valence-corrected chi connectivity index (χ0v) is 11.3. The summed E-state index contributed by atoms with van der Waals surface area (Å²) >= 11 is 6.00. The van der Waals surface area contributed by atoms with Crippen LogP contribution < -0.4 is 5.32 Å². The van der Waals surface area contributed by atoms with E-state index >= 15 is 0 Å². The highest BCUT2D eigenvalue weighted by Crippen LogP contribution is 2.21. The van der Waals surface area contributed by atoms with Crippen molar-refractivity contribution in [3.05, 3.63) is 40.4 Å². The van der Waals surface area contributed by atoms with Gasteiger partial charge in [0.05, 0.1) is 0 Å². The molecule has 1 fully saturated rings. The lowest BCUT2D eigenvalue weighted by atomic mass is 10.0. The molecule has 0 aromatic heterocycles. The van der Waals surface area contributed by atoms with E-state index in [4.69, 9.17) is 11.6 Å². The fourth-order valence-corrected chi connectivity index (χ4v) is 1.98. The molecule has 0 heterocycles. The number of benzene rings is 1. The predicted molar refractivity (Wildman–Crippen MR) is 75.3 cm³/mol. The molecule has 1 N–H and O–H groups in total. The van der Waals surface area contributed by atoms with Crippen LogP contribution in [-0.4, -0.2) is 12.6 Å². The van der Waals surface area contributed by atoms with Crippen molar-refractivity contribution in [2.45, 2.75) is 32.7 Å². The van der Waals surface area contributed by atoms with Crippen LogP contribution in [0.4, 0.5) is 0 Å². The molecule has 0 amide bonds. The summed E-state index contributed by atoms with van der Waals surface area (Å²) < 4.78 is 0. The van der Waals surface area contributed by atoms with Gasteiger partial charge in [-0.15, -0.1) is 0 Å². The van der Waals surface area contributed by atoms with Crippen molar-refractivity contribution in [1.29, 1.82) is 0 Å². The molecule has 1 aromatic rings. The predicted octanol–water partition coefficient (Wildman–Crippen LogP) is 4.13. The summed E-state index contributed by atoms with van der Waals surface area (Å²) in [6, 6.07) is 8.79. The largest absolute Gasteiger partial charge is 0.310 e. The van der Waals surface area contributed by atoms with Crippen LogP contribution in [0, 0.1) is 5.92 Å². The van der Waals surface area contributed by atoms with E-state index in [0.29, 0.717) is 5.92 Å². The van der Waals surface area contributed by atoms with Crippen LogP contribution in [0.25, 0.3) is 6.08 Å². The van der Waals surface area contributed by atoms with E-state index in [-0.39, 0.29) is 0 Å². The number of halogens is 1. The highest BCUT2D eigenvalue weighted by atomic mass is 35.5. The molecule has 2 rings (SSSR count). The molecular formula is C15H20ClN. The summed E-state index contributed by atoms with van der Waals surface area (Å²) in [5, 5.41) is 4.37. The van der Waals surface area contributed by atoms with Crippen LogP contribution >= 0.6 is 11.6 Å². The monoisotopic (exact) mass is 249 g/mol. The lowest BCUT2D eigenvalue weighted by Crippen LogP contribution is -2.21. The van der Waals surface area contributed by atoms with Gasteiger partial charge in [0.1, 0.15) is 0 Å². The Labute approximate surface area is 109 Å². The summed E-state index contributed by atoms with van der Waals surface area (Å²) in [6.45, 7) is 5.48. The number of hydrogen-bond donors (Lipinski definition) is 1. The molecule has 1 aliphatic rings. The molecule has 1 saturated carbocycles. The van der Waals surface area contributed by atoms with Gasteiger partial charge in [0.2, 0.25) is 0 Å². The molecule has 1 aromatic carbocycles. The summed E-state index contributed by atoms with van der Waals surface area (Å²) in [7, 11) is 0. The normalized spacial score (nSPS) is 16.6. The van der Waals surface area contributed by atoms with Gasteiger partial charge in [0.15, 0.2) is 0 Å². The molecule has 0 radical (unpaired) electrons. The van der Waals surface area contributed by atoms with E-state index in [0.717, 1.165) is 17.6 Å². The maximum atomic E-state index is 6.00. The molecule has 17 heavy (non-hydrogen) atoms. The van der Waals surface area contributed by atoms with Gasteiger partial charge in [-0.3, -0.25) is 0 Å².